The van der Waals surface area contributed by atoms with Crippen molar-refractivity contribution in [3.8, 4) is 5.75 Å². The molecular weight excluding hydrogens is 404 g/mol. The van der Waals surface area contributed by atoms with Gasteiger partial charge in [-0.05, 0) is 60.7 Å². The summed E-state index contributed by atoms with van der Waals surface area (Å²) in [6.07, 6.45) is 1.53. The highest BCUT2D eigenvalue weighted by Gasteiger charge is 2.30. The van der Waals surface area contributed by atoms with E-state index in [2.05, 4.69) is 6.58 Å². The van der Waals surface area contributed by atoms with Gasteiger partial charge in [0.15, 0.2) is 6.10 Å². The van der Waals surface area contributed by atoms with Crippen LogP contribution in [-0.4, -0.2) is 40.1 Å². The molecule has 30 heavy (non-hydrogen) atoms. The van der Waals surface area contributed by atoms with Crippen LogP contribution < -0.4 is 0 Å². The van der Waals surface area contributed by atoms with E-state index in [0.717, 1.165) is 16.7 Å². The number of benzene rings is 2. The number of phenolic OH excluding ortho intramolecular Hbond substituents is 1. The Balaban J connectivity index is 2.23. The summed E-state index contributed by atoms with van der Waals surface area (Å²) in [7, 11) is 0. The van der Waals surface area contributed by atoms with Crippen molar-refractivity contribution in [1.29, 1.82) is 0 Å². The SMILES string of the molecule is C=C[C@H]([C@H](O)CC/C(=C/c1ccc(O)cc1Cl)c1ccccc1)[C@H](O)C(=O)OCC. The molecule has 0 aliphatic heterocycles. The first-order chi connectivity index (χ1) is 14.4. The van der Waals surface area contributed by atoms with Gasteiger partial charge in [-0.3, -0.25) is 0 Å². The highest BCUT2D eigenvalue weighted by Crippen LogP contribution is 2.30. The molecule has 160 valence electrons. The zero-order valence-corrected chi connectivity index (χ0v) is 17.6. The number of phenols is 1. The first-order valence-corrected chi connectivity index (χ1v) is 10.1. The van der Waals surface area contributed by atoms with E-state index in [4.69, 9.17) is 16.3 Å². The Morgan fingerprint density at radius 3 is 2.50 bits per heavy atom. The van der Waals surface area contributed by atoms with Crippen LogP contribution in [-0.2, 0) is 9.53 Å². The van der Waals surface area contributed by atoms with Crippen molar-refractivity contribution < 1.29 is 24.9 Å². The minimum Gasteiger partial charge on any atom is -0.508 e. The van der Waals surface area contributed by atoms with E-state index >= 15 is 0 Å². The normalized spacial score (nSPS) is 14.6. The summed E-state index contributed by atoms with van der Waals surface area (Å²) in [6, 6.07) is 14.4. The van der Waals surface area contributed by atoms with Gasteiger partial charge in [-0.2, -0.15) is 0 Å². The number of hydrogen-bond donors (Lipinski definition) is 3. The molecule has 0 fully saturated rings. The molecule has 2 aromatic rings. The van der Waals surface area contributed by atoms with Crippen molar-refractivity contribution in [3.05, 3.63) is 77.3 Å². The standard InChI is InChI=1S/C24H27ClO5/c1-3-20(23(28)24(29)30-4-2)22(27)13-11-17(16-8-6-5-7-9-16)14-18-10-12-19(26)15-21(18)25/h3,5-10,12,14-15,20,22-23,26-28H,1,4,11,13H2,2H3/b17-14-/t20-,22-,23+/m1/s1. The van der Waals surface area contributed by atoms with E-state index in [1.807, 2.05) is 36.4 Å². The van der Waals surface area contributed by atoms with E-state index in [0.29, 0.717) is 11.4 Å². The minimum atomic E-state index is -1.48. The summed E-state index contributed by atoms with van der Waals surface area (Å²) in [5.74, 6) is -1.55. The van der Waals surface area contributed by atoms with Gasteiger partial charge in [0, 0.05) is 5.92 Å². The molecule has 0 amide bonds. The maximum atomic E-state index is 11.8. The lowest BCUT2D eigenvalue weighted by Crippen LogP contribution is -2.37. The highest BCUT2D eigenvalue weighted by atomic mass is 35.5. The molecule has 3 atom stereocenters. The highest BCUT2D eigenvalue weighted by molar-refractivity contribution is 6.32. The zero-order valence-electron chi connectivity index (χ0n) is 16.9. The van der Waals surface area contributed by atoms with Gasteiger partial charge in [-0.1, -0.05) is 48.0 Å². The van der Waals surface area contributed by atoms with Gasteiger partial charge in [-0.25, -0.2) is 4.79 Å². The number of carbonyl (C=O) groups excluding carboxylic acids is 1. The molecule has 0 saturated carbocycles. The minimum absolute atomic E-state index is 0.0793. The molecule has 0 aliphatic rings. The Bertz CT molecular complexity index is 878. The van der Waals surface area contributed by atoms with Gasteiger partial charge in [0.1, 0.15) is 5.75 Å². The van der Waals surface area contributed by atoms with Crippen LogP contribution in [0.5, 0.6) is 5.75 Å². The summed E-state index contributed by atoms with van der Waals surface area (Å²) >= 11 is 6.25. The Hall–Kier alpha value is -2.60. The number of ether oxygens (including phenoxy) is 1. The number of aromatic hydroxyl groups is 1. The van der Waals surface area contributed by atoms with Crippen LogP contribution in [0, 0.1) is 5.92 Å². The molecule has 0 radical (unpaired) electrons. The molecule has 6 heteroatoms. The topological polar surface area (TPSA) is 87.0 Å². The van der Waals surface area contributed by atoms with Crippen LogP contribution >= 0.6 is 11.6 Å². The summed E-state index contributed by atoms with van der Waals surface area (Å²) in [5, 5.41) is 30.8. The molecule has 5 nitrogen and oxygen atoms in total. The fourth-order valence-corrected chi connectivity index (χ4v) is 3.38. The van der Waals surface area contributed by atoms with E-state index in [9.17, 15) is 20.1 Å². The van der Waals surface area contributed by atoms with Crippen molar-refractivity contribution in [1.82, 2.24) is 0 Å². The number of esters is 1. The second-order valence-electron chi connectivity index (χ2n) is 6.86. The summed E-state index contributed by atoms with van der Waals surface area (Å²) in [4.78, 5) is 11.8. The lowest BCUT2D eigenvalue weighted by molar-refractivity contribution is -0.157. The first-order valence-electron chi connectivity index (χ1n) is 9.77. The third-order valence-electron chi connectivity index (χ3n) is 4.78. The van der Waals surface area contributed by atoms with E-state index in [1.54, 1.807) is 19.1 Å². The monoisotopic (exact) mass is 430 g/mol. The average Bonchev–Trinajstić information content (AvgIpc) is 2.73. The van der Waals surface area contributed by atoms with Crippen LogP contribution in [0.1, 0.15) is 30.9 Å². The molecule has 3 N–H and O–H groups in total. The number of rotatable bonds is 10. The second-order valence-corrected chi connectivity index (χ2v) is 7.26. The number of allylic oxidation sites excluding steroid dienone is 1. The lowest BCUT2D eigenvalue weighted by Gasteiger charge is -2.24. The molecule has 0 saturated heterocycles. The van der Waals surface area contributed by atoms with Crippen LogP contribution in [0.3, 0.4) is 0 Å². The number of hydrogen-bond acceptors (Lipinski definition) is 5. The molecule has 2 rings (SSSR count). The van der Waals surface area contributed by atoms with Crippen molar-refractivity contribution in [2.45, 2.75) is 32.0 Å². The maximum Gasteiger partial charge on any atom is 0.335 e. The quantitative estimate of drug-likeness (QED) is 0.294. The zero-order chi connectivity index (χ0) is 22.1. The third-order valence-corrected chi connectivity index (χ3v) is 5.10. The largest absolute Gasteiger partial charge is 0.508 e. The fourth-order valence-electron chi connectivity index (χ4n) is 3.15. The molecule has 0 aromatic heterocycles. The molecule has 0 spiro atoms. The number of halogens is 1. The Morgan fingerprint density at radius 1 is 1.20 bits per heavy atom. The summed E-state index contributed by atoms with van der Waals surface area (Å²) in [5.41, 5.74) is 2.60. The Kier molecular flexibility index (Phi) is 9.12. The molecule has 0 bridgehead atoms. The smallest absolute Gasteiger partial charge is 0.335 e. The van der Waals surface area contributed by atoms with Crippen molar-refractivity contribution in [2.24, 2.45) is 5.92 Å². The maximum absolute atomic E-state index is 11.8. The molecular formula is C24H27ClO5. The Labute approximate surface area is 181 Å². The predicted octanol–water partition coefficient (Wildman–Crippen LogP) is 4.45. The van der Waals surface area contributed by atoms with Crippen LogP contribution in [0.15, 0.2) is 61.2 Å². The lowest BCUT2D eigenvalue weighted by atomic mass is 9.89. The predicted molar refractivity (Wildman–Crippen MR) is 119 cm³/mol. The van der Waals surface area contributed by atoms with Crippen LogP contribution in [0.4, 0.5) is 0 Å². The summed E-state index contributed by atoms with van der Waals surface area (Å²) in [6.45, 7) is 5.43. The fraction of sp³-hybridized carbons (Fsp3) is 0.292. The molecule has 0 unspecified atom stereocenters. The van der Waals surface area contributed by atoms with E-state index in [-0.39, 0.29) is 18.8 Å². The van der Waals surface area contributed by atoms with E-state index < -0.39 is 24.1 Å². The van der Waals surface area contributed by atoms with E-state index in [1.165, 1.54) is 12.1 Å². The second kappa shape index (κ2) is 11.6. The van der Waals surface area contributed by atoms with Crippen LogP contribution in [0.2, 0.25) is 5.02 Å². The number of aliphatic hydroxyl groups excluding tert-OH is 2. The van der Waals surface area contributed by atoms with Gasteiger partial charge in [0.2, 0.25) is 0 Å². The Morgan fingerprint density at radius 2 is 1.90 bits per heavy atom. The molecule has 2 aromatic carbocycles. The van der Waals surface area contributed by atoms with Gasteiger partial charge in [0.25, 0.3) is 0 Å². The van der Waals surface area contributed by atoms with Gasteiger partial charge < -0.3 is 20.1 Å². The van der Waals surface area contributed by atoms with Gasteiger partial charge >= 0.3 is 5.97 Å². The molecule has 0 aliphatic carbocycles. The summed E-state index contributed by atoms with van der Waals surface area (Å²) < 4.78 is 4.84. The van der Waals surface area contributed by atoms with Gasteiger partial charge in [0.05, 0.1) is 17.7 Å². The first kappa shape index (κ1) is 23.7. The van der Waals surface area contributed by atoms with Crippen molar-refractivity contribution in [2.75, 3.05) is 6.61 Å². The number of carbonyl (C=O) groups is 1. The van der Waals surface area contributed by atoms with Crippen molar-refractivity contribution >= 4 is 29.2 Å². The average molecular weight is 431 g/mol. The number of aliphatic hydroxyl groups is 2. The van der Waals surface area contributed by atoms with Crippen LogP contribution in [0.25, 0.3) is 11.6 Å². The third kappa shape index (κ3) is 6.46. The molecule has 0 heterocycles. The van der Waals surface area contributed by atoms with Gasteiger partial charge in [-0.15, -0.1) is 6.58 Å². The van der Waals surface area contributed by atoms with Crippen molar-refractivity contribution in [3.63, 3.8) is 0 Å².